The summed E-state index contributed by atoms with van der Waals surface area (Å²) in [6.45, 7) is 9.89. The number of hydrogen-bond donors (Lipinski definition) is 2. The lowest BCUT2D eigenvalue weighted by Gasteiger charge is -2.41. The Balaban J connectivity index is 2.40. The molecule has 36 heavy (non-hydrogen) atoms. The van der Waals surface area contributed by atoms with Gasteiger partial charge < -0.3 is 24.6 Å². The molecule has 1 aliphatic rings. The summed E-state index contributed by atoms with van der Waals surface area (Å²) in [7, 11) is 1.16. The number of halogens is 3. The summed E-state index contributed by atoms with van der Waals surface area (Å²) in [6.07, 6.45) is 0.0434. The fourth-order valence-corrected chi connectivity index (χ4v) is 4.69. The number of methoxy groups -OCH3 is 1. The maximum atomic E-state index is 14.8. The van der Waals surface area contributed by atoms with Gasteiger partial charge in [-0.3, -0.25) is 0 Å². The van der Waals surface area contributed by atoms with Crippen molar-refractivity contribution in [1.82, 2.24) is 4.98 Å². The van der Waals surface area contributed by atoms with Gasteiger partial charge in [0.1, 0.15) is 5.15 Å². The second kappa shape index (κ2) is 10.5. The van der Waals surface area contributed by atoms with Crippen LogP contribution in [0, 0.1) is 17.0 Å². The molecule has 1 aromatic heterocycles. The van der Waals surface area contributed by atoms with Gasteiger partial charge in [-0.05, 0) is 56.7 Å². The van der Waals surface area contributed by atoms with E-state index in [9.17, 15) is 23.8 Å². The number of anilines is 1. The highest BCUT2D eigenvalue weighted by atomic mass is 35.5. The summed E-state index contributed by atoms with van der Waals surface area (Å²) in [5.74, 6) is -3.73. The minimum absolute atomic E-state index is 0.0555. The number of aromatic nitrogens is 1. The van der Waals surface area contributed by atoms with E-state index in [0.717, 1.165) is 32.1 Å². The summed E-state index contributed by atoms with van der Waals surface area (Å²) < 4.78 is 40.3. The molecule has 0 unspecified atom stereocenters. The Kier molecular flexibility index (Phi) is 8.17. The van der Waals surface area contributed by atoms with Crippen molar-refractivity contribution < 1.29 is 33.3 Å². The SMILES string of the molecule is COc1c(F)cc(-c2c(CO)nc(Cl)c([C@H](OC(C)(C)C)C(=O)O)c2N2CCC(C)(C)CC2)cc1F. The van der Waals surface area contributed by atoms with Gasteiger partial charge in [-0.15, -0.1) is 0 Å². The van der Waals surface area contributed by atoms with Crippen LogP contribution in [0.3, 0.4) is 0 Å². The molecule has 0 radical (unpaired) electrons. The Hall–Kier alpha value is -2.49. The van der Waals surface area contributed by atoms with E-state index in [1.54, 1.807) is 20.8 Å². The van der Waals surface area contributed by atoms with Crippen molar-refractivity contribution in [2.24, 2.45) is 5.41 Å². The second-order valence-electron chi connectivity index (χ2n) is 10.7. The fourth-order valence-electron chi connectivity index (χ4n) is 4.40. The van der Waals surface area contributed by atoms with Crippen LogP contribution in [0.15, 0.2) is 12.1 Å². The van der Waals surface area contributed by atoms with Crippen molar-refractivity contribution in [3.63, 3.8) is 0 Å². The van der Waals surface area contributed by atoms with E-state index < -0.39 is 41.7 Å². The van der Waals surface area contributed by atoms with Crippen LogP contribution < -0.4 is 9.64 Å². The molecule has 1 atom stereocenters. The molecule has 198 valence electrons. The predicted molar refractivity (Wildman–Crippen MR) is 134 cm³/mol. The van der Waals surface area contributed by atoms with E-state index in [-0.39, 0.29) is 33.0 Å². The quantitative estimate of drug-likeness (QED) is 0.444. The first-order valence-electron chi connectivity index (χ1n) is 11.7. The lowest BCUT2D eigenvalue weighted by molar-refractivity contribution is -0.160. The molecule has 2 N–H and O–H groups in total. The highest BCUT2D eigenvalue weighted by Crippen LogP contribution is 2.47. The van der Waals surface area contributed by atoms with Gasteiger partial charge in [-0.2, -0.15) is 0 Å². The summed E-state index contributed by atoms with van der Waals surface area (Å²) in [4.78, 5) is 18.6. The largest absolute Gasteiger partial charge is 0.491 e. The zero-order chi connectivity index (χ0) is 27.0. The number of aliphatic hydroxyl groups excluding tert-OH is 1. The molecule has 1 aromatic carbocycles. The number of piperidine rings is 1. The van der Waals surface area contributed by atoms with Crippen LogP contribution >= 0.6 is 11.6 Å². The number of pyridine rings is 1. The van der Waals surface area contributed by atoms with Crippen molar-refractivity contribution in [2.75, 3.05) is 25.1 Å². The van der Waals surface area contributed by atoms with Gasteiger partial charge in [0, 0.05) is 18.7 Å². The van der Waals surface area contributed by atoms with Crippen molar-refractivity contribution in [1.29, 1.82) is 0 Å². The molecule has 1 aliphatic heterocycles. The molecule has 2 aromatic rings. The average Bonchev–Trinajstić information content (AvgIpc) is 2.76. The molecule has 7 nitrogen and oxygen atoms in total. The highest BCUT2D eigenvalue weighted by molar-refractivity contribution is 6.31. The van der Waals surface area contributed by atoms with Gasteiger partial charge in [0.05, 0.1) is 36.3 Å². The van der Waals surface area contributed by atoms with Crippen LogP contribution in [-0.4, -0.2) is 47.0 Å². The number of hydrogen-bond acceptors (Lipinski definition) is 6. The van der Waals surface area contributed by atoms with Gasteiger partial charge >= 0.3 is 5.97 Å². The molecular formula is C26H33ClF2N2O5. The minimum atomic E-state index is -1.52. The van der Waals surface area contributed by atoms with Crippen LogP contribution in [0.25, 0.3) is 11.1 Å². The number of carbonyl (C=O) groups is 1. The molecule has 2 heterocycles. The first kappa shape index (κ1) is 28.1. The maximum Gasteiger partial charge on any atom is 0.337 e. The second-order valence-corrected chi connectivity index (χ2v) is 11.1. The molecular weight excluding hydrogens is 494 g/mol. The van der Waals surface area contributed by atoms with E-state index in [1.165, 1.54) is 0 Å². The smallest absolute Gasteiger partial charge is 0.337 e. The number of aliphatic carboxylic acids is 1. The first-order valence-corrected chi connectivity index (χ1v) is 12.1. The van der Waals surface area contributed by atoms with Crippen LogP contribution in [0.5, 0.6) is 5.75 Å². The van der Waals surface area contributed by atoms with Crippen LogP contribution in [0.2, 0.25) is 5.15 Å². The monoisotopic (exact) mass is 526 g/mol. The summed E-state index contributed by atoms with van der Waals surface area (Å²) in [6, 6.07) is 2.15. The number of carboxylic acids is 1. The van der Waals surface area contributed by atoms with E-state index in [0.29, 0.717) is 18.8 Å². The highest BCUT2D eigenvalue weighted by Gasteiger charge is 2.37. The molecule has 0 spiro atoms. The zero-order valence-electron chi connectivity index (χ0n) is 21.4. The van der Waals surface area contributed by atoms with Crippen LogP contribution in [0.4, 0.5) is 14.5 Å². The summed E-state index contributed by atoms with van der Waals surface area (Å²) in [5.41, 5.74) is -0.0761. The Morgan fingerprint density at radius 1 is 1.22 bits per heavy atom. The van der Waals surface area contributed by atoms with E-state index in [2.05, 4.69) is 18.8 Å². The number of aliphatic hydroxyl groups is 1. The van der Waals surface area contributed by atoms with Gasteiger partial charge in [0.25, 0.3) is 0 Å². The van der Waals surface area contributed by atoms with E-state index >= 15 is 0 Å². The molecule has 0 saturated carbocycles. The standard InChI is InChI=1S/C26H33ClF2N2O5/c1-25(2,3)36-22(24(33)34)19-20(31-9-7-26(4,5)8-10-31)18(17(13-32)30-23(19)27)14-11-15(28)21(35-6)16(29)12-14/h11-12,22,32H,7-10,13H2,1-6H3,(H,33,34)/t22-/m0/s1. The van der Waals surface area contributed by atoms with Crippen molar-refractivity contribution >= 4 is 23.3 Å². The minimum Gasteiger partial charge on any atom is -0.491 e. The maximum absolute atomic E-state index is 14.8. The lowest BCUT2D eigenvalue weighted by Crippen LogP contribution is -2.39. The summed E-state index contributed by atoms with van der Waals surface area (Å²) in [5, 5.41) is 20.2. The van der Waals surface area contributed by atoms with Gasteiger partial charge in [0.15, 0.2) is 23.5 Å². The van der Waals surface area contributed by atoms with Crippen LogP contribution in [0.1, 0.15) is 64.8 Å². The Morgan fingerprint density at radius 2 is 1.78 bits per heavy atom. The topological polar surface area (TPSA) is 92.1 Å². The Labute approximate surface area is 215 Å². The third-order valence-corrected chi connectivity index (χ3v) is 6.56. The molecule has 10 heteroatoms. The Bertz CT molecular complexity index is 1120. The zero-order valence-corrected chi connectivity index (χ0v) is 22.2. The molecule has 0 amide bonds. The van der Waals surface area contributed by atoms with Crippen molar-refractivity contribution in [2.45, 2.75) is 65.8 Å². The number of benzene rings is 1. The summed E-state index contributed by atoms with van der Waals surface area (Å²) >= 11 is 6.57. The van der Waals surface area contributed by atoms with Gasteiger partial charge in [-0.1, -0.05) is 25.4 Å². The number of rotatable bonds is 7. The third-order valence-electron chi connectivity index (χ3n) is 6.27. The molecule has 3 rings (SSSR count). The van der Waals surface area contributed by atoms with Gasteiger partial charge in [-0.25, -0.2) is 18.6 Å². The van der Waals surface area contributed by atoms with Crippen LogP contribution in [-0.2, 0) is 16.1 Å². The van der Waals surface area contributed by atoms with Crippen molar-refractivity contribution in [3.05, 3.63) is 40.2 Å². The van der Waals surface area contributed by atoms with E-state index in [1.807, 2.05) is 4.90 Å². The number of ether oxygens (including phenoxy) is 2. The molecule has 1 saturated heterocycles. The van der Waals surface area contributed by atoms with Gasteiger partial charge in [0.2, 0.25) is 0 Å². The number of nitrogens with zero attached hydrogens (tertiary/aromatic N) is 2. The Morgan fingerprint density at radius 3 is 2.22 bits per heavy atom. The first-order chi connectivity index (χ1) is 16.7. The molecule has 1 fully saturated rings. The predicted octanol–water partition coefficient (Wildman–Crippen LogP) is 5.75. The average molecular weight is 527 g/mol. The van der Waals surface area contributed by atoms with Crippen molar-refractivity contribution in [3.8, 4) is 16.9 Å². The third kappa shape index (κ3) is 5.90. The molecule has 0 aliphatic carbocycles. The van der Waals surface area contributed by atoms with E-state index in [4.69, 9.17) is 21.1 Å². The number of carboxylic acid groups (broad SMARTS) is 1. The lowest BCUT2D eigenvalue weighted by atomic mass is 9.82. The molecule has 0 bridgehead atoms. The fraction of sp³-hybridized carbons (Fsp3) is 0.538. The normalized spacial score (nSPS) is 16.7.